The van der Waals surface area contributed by atoms with Crippen molar-refractivity contribution in [2.75, 3.05) is 18.6 Å². The van der Waals surface area contributed by atoms with Crippen LogP contribution >= 0.6 is 0 Å². The summed E-state index contributed by atoms with van der Waals surface area (Å²) in [6.45, 7) is 5.28. The smallest absolute Gasteiger partial charge is 0.343 e. The third-order valence-corrected chi connectivity index (χ3v) is 7.61. The summed E-state index contributed by atoms with van der Waals surface area (Å²) in [6, 6.07) is 7.88. The molecule has 0 fully saturated rings. The van der Waals surface area contributed by atoms with Crippen molar-refractivity contribution in [3.8, 4) is 11.4 Å². The first-order chi connectivity index (χ1) is 17.0. The van der Waals surface area contributed by atoms with Gasteiger partial charge in [-0.25, -0.2) is 14.8 Å². The van der Waals surface area contributed by atoms with Crippen LogP contribution in [0.15, 0.2) is 34.1 Å². The van der Waals surface area contributed by atoms with Crippen molar-refractivity contribution in [3.05, 3.63) is 51.3 Å². The molecule has 0 N–H and O–H groups in total. The van der Waals surface area contributed by atoms with Gasteiger partial charge in [0.1, 0.15) is 6.61 Å². The standard InChI is InChI=1S/C27H28N4O4/c1-4-6-7-11-30-15-28-19-9-8-10-20-22(19)24(30)16-13-31-21(23(16)29-20)12-18-17(25(31)32)14-35-26(33)27(18,5-2)34-3/h8-10,12,15H,4-7,11,13-14H2,1-3H3/t27-/m0/s1. The lowest BCUT2D eigenvalue weighted by Crippen LogP contribution is -2.45. The molecule has 3 aliphatic heterocycles. The number of unbranched alkanes of at least 4 members (excludes halogenated alkanes) is 2. The van der Waals surface area contributed by atoms with Gasteiger partial charge in [0.25, 0.3) is 5.56 Å². The maximum Gasteiger partial charge on any atom is 0.343 e. The van der Waals surface area contributed by atoms with Crippen LogP contribution in [-0.2, 0) is 33.0 Å². The van der Waals surface area contributed by atoms with Crippen LogP contribution in [0.4, 0.5) is 11.4 Å². The molecule has 0 saturated carbocycles. The highest BCUT2D eigenvalue weighted by atomic mass is 16.6. The van der Waals surface area contributed by atoms with E-state index in [1.807, 2.05) is 37.5 Å². The summed E-state index contributed by atoms with van der Waals surface area (Å²) in [7, 11) is 1.49. The quantitative estimate of drug-likeness (QED) is 0.305. The number of fused-ring (bicyclic) bond motifs is 5. The number of cyclic esters (lactones) is 1. The topological polar surface area (TPSA) is 86.0 Å². The van der Waals surface area contributed by atoms with Crippen molar-refractivity contribution >= 4 is 34.6 Å². The van der Waals surface area contributed by atoms with Gasteiger partial charge in [0.05, 0.1) is 52.1 Å². The molecule has 0 radical (unpaired) electrons. The first kappa shape index (κ1) is 22.0. The fraction of sp³-hybridized carbons (Fsp3) is 0.407. The van der Waals surface area contributed by atoms with Gasteiger partial charge in [0.15, 0.2) is 5.60 Å². The number of carbonyl (C=O) groups excluding carboxylic acids is 1. The number of nitrogens with zero attached hydrogens (tertiary/aromatic N) is 4. The lowest BCUT2D eigenvalue weighted by molar-refractivity contribution is -0.176. The summed E-state index contributed by atoms with van der Waals surface area (Å²) >= 11 is 0. The summed E-state index contributed by atoms with van der Waals surface area (Å²) in [5.41, 5.74) is 4.95. The zero-order chi connectivity index (χ0) is 24.3. The van der Waals surface area contributed by atoms with Crippen molar-refractivity contribution in [2.45, 2.75) is 58.3 Å². The van der Waals surface area contributed by atoms with E-state index in [4.69, 9.17) is 19.5 Å². The molecule has 1 aromatic carbocycles. The molecule has 0 saturated heterocycles. The first-order valence-corrected chi connectivity index (χ1v) is 12.3. The molecule has 0 spiro atoms. The predicted molar refractivity (Wildman–Crippen MR) is 134 cm³/mol. The SMILES string of the molecule is CCCCCN1C=Nc2cccc3nc4c(c1c23)Cn1c-4cc2c(c1=O)COC(=O)[C@@]2(CC)OC. The molecule has 3 aliphatic rings. The maximum atomic E-state index is 13.7. The van der Waals surface area contributed by atoms with Gasteiger partial charge in [-0.3, -0.25) is 4.79 Å². The Morgan fingerprint density at radius 1 is 1.17 bits per heavy atom. The minimum absolute atomic E-state index is 0.0447. The van der Waals surface area contributed by atoms with Crippen LogP contribution in [0, 0.1) is 0 Å². The molecular formula is C27H28N4O4. The Balaban J connectivity index is 1.60. The molecule has 8 nitrogen and oxygen atoms in total. The van der Waals surface area contributed by atoms with Crippen LogP contribution in [0.5, 0.6) is 0 Å². The summed E-state index contributed by atoms with van der Waals surface area (Å²) in [6.07, 6.45) is 5.60. The zero-order valence-corrected chi connectivity index (χ0v) is 20.3. The molecular weight excluding hydrogens is 444 g/mol. The van der Waals surface area contributed by atoms with Crippen molar-refractivity contribution < 1.29 is 14.3 Å². The van der Waals surface area contributed by atoms with E-state index in [1.165, 1.54) is 7.11 Å². The molecule has 3 aromatic rings. The summed E-state index contributed by atoms with van der Waals surface area (Å²) in [4.78, 5) is 38.4. The van der Waals surface area contributed by atoms with Crippen LogP contribution in [0.2, 0.25) is 0 Å². The van der Waals surface area contributed by atoms with Gasteiger partial charge >= 0.3 is 5.97 Å². The number of hydrogen-bond acceptors (Lipinski definition) is 7. The molecule has 0 aliphatic carbocycles. The molecule has 5 heterocycles. The van der Waals surface area contributed by atoms with Gasteiger partial charge in [-0.2, -0.15) is 0 Å². The number of benzene rings is 1. The predicted octanol–water partition coefficient (Wildman–Crippen LogP) is 4.40. The number of carbonyl (C=O) groups is 1. The number of aliphatic imine (C=N–C) groups is 1. The minimum Gasteiger partial charge on any atom is -0.458 e. The molecule has 1 atom stereocenters. The fourth-order valence-electron chi connectivity index (χ4n) is 5.73. The van der Waals surface area contributed by atoms with E-state index in [2.05, 4.69) is 11.8 Å². The highest BCUT2D eigenvalue weighted by Crippen LogP contribution is 2.46. The number of ether oxygens (including phenoxy) is 2. The largest absolute Gasteiger partial charge is 0.458 e. The normalized spacial score (nSPS) is 19.5. The van der Waals surface area contributed by atoms with E-state index in [0.29, 0.717) is 29.8 Å². The van der Waals surface area contributed by atoms with Crippen LogP contribution < -0.4 is 10.5 Å². The van der Waals surface area contributed by atoms with E-state index in [9.17, 15) is 9.59 Å². The monoisotopic (exact) mass is 472 g/mol. The highest BCUT2D eigenvalue weighted by molar-refractivity contribution is 6.11. The highest BCUT2D eigenvalue weighted by Gasteiger charge is 2.47. The number of methoxy groups -OCH3 is 1. The second kappa shape index (κ2) is 8.02. The second-order valence-corrected chi connectivity index (χ2v) is 9.38. The first-order valence-electron chi connectivity index (χ1n) is 12.3. The summed E-state index contributed by atoms with van der Waals surface area (Å²) in [5, 5.41) is 1.02. The molecule has 35 heavy (non-hydrogen) atoms. The maximum absolute atomic E-state index is 13.7. The van der Waals surface area contributed by atoms with Crippen LogP contribution in [0.3, 0.4) is 0 Å². The Morgan fingerprint density at radius 3 is 2.80 bits per heavy atom. The Bertz CT molecular complexity index is 1470. The van der Waals surface area contributed by atoms with Crippen molar-refractivity contribution in [1.82, 2.24) is 9.55 Å². The van der Waals surface area contributed by atoms with Gasteiger partial charge in [-0.15, -0.1) is 0 Å². The fourth-order valence-corrected chi connectivity index (χ4v) is 5.73. The Morgan fingerprint density at radius 2 is 2.03 bits per heavy atom. The molecule has 180 valence electrons. The van der Waals surface area contributed by atoms with Gasteiger partial charge in [0.2, 0.25) is 0 Å². The van der Waals surface area contributed by atoms with E-state index < -0.39 is 11.6 Å². The lowest BCUT2D eigenvalue weighted by atomic mass is 9.85. The van der Waals surface area contributed by atoms with Gasteiger partial charge in [0, 0.05) is 24.8 Å². The van der Waals surface area contributed by atoms with Gasteiger partial charge in [-0.05, 0) is 31.0 Å². The average Bonchev–Trinajstić information content (AvgIpc) is 3.24. The molecule has 6 rings (SSSR count). The third kappa shape index (κ3) is 2.95. The molecule has 0 bridgehead atoms. The lowest BCUT2D eigenvalue weighted by Gasteiger charge is -2.35. The molecule has 0 unspecified atom stereocenters. The molecule has 2 aromatic heterocycles. The van der Waals surface area contributed by atoms with Crippen LogP contribution in [-0.4, -0.2) is 35.5 Å². The van der Waals surface area contributed by atoms with E-state index in [-0.39, 0.29) is 12.2 Å². The van der Waals surface area contributed by atoms with Crippen LogP contribution in [0.25, 0.3) is 22.3 Å². The van der Waals surface area contributed by atoms with Crippen LogP contribution in [0.1, 0.15) is 56.2 Å². The second-order valence-electron chi connectivity index (χ2n) is 9.38. The molecule has 8 heteroatoms. The summed E-state index contributed by atoms with van der Waals surface area (Å²) < 4.78 is 12.9. The van der Waals surface area contributed by atoms with Crippen molar-refractivity contribution in [2.24, 2.45) is 4.99 Å². The van der Waals surface area contributed by atoms with Crippen molar-refractivity contribution in [1.29, 1.82) is 0 Å². The van der Waals surface area contributed by atoms with Crippen molar-refractivity contribution in [3.63, 3.8) is 0 Å². The summed E-state index contributed by atoms with van der Waals surface area (Å²) in [5.74, 6) is -0.456. The number of rotatable bonds is 6. The zero-order valence-electron chi connectivity index (χ0n) is 20.3. The average molecular weight is 473 g/mol. The Labute approximate surface area is 203 Å². The minimum atomic E-state index is -1.29. The van der Waals surface area contributed by atoms with E-state index >= 15 is 0 Å². The van der Waals surface area contributed by atoms with E-state index in [1.54, 1.807) is 4.57 Å². The molecule has 0 amide bonds. The number of aromatic nitrogens is 2. The third-order valence-electron chi connectivity index (χ3n) is 7.61. The number of anilines is 1. The number of hydrogen-bond donors (Lipinski definition) is 0. The number of pyridine rings is 2. The van der Waals surface area contributed by atoms with Gasteiger partial charge < -0.3 is 18.9 Å². The Hall–Kier alpha value is -3.52. The van der Waals surface area contributed by atoms with E-state index in [0.717, 1.165) is 59.3 Å². The number of esters is 1. The Kier molecular flexibility index (Phi) is 5.03. The van der Waals surface area contributed by atoms with Gasteiger partial charge in [-0.1, -0.05) is 32.8 Å².